The number of carbonyl (C=O) groups is 1. The van der Waals surface area contributed by atoms with E-state index in [1.165, 1.54) is 5.56 Å². The van der Waals surface area contributed by atoms with Crippen LogP contribution in [-0.2, 0) is 13.6 Å². The van der Waals surface area contributed by atoms with Gasteiger partial charge in [0.2, 0.25) is 0 Å². The van der Waals surface area contributed by atoms with E-state index in [9.17, 15) is 4.79 Å². The number of amides is 1. The summed E-state index contributed by atoms with van der Waals surface area (Å²) in [5.41, 5.74) is 3.62. The van der Waals surface area contributed by atoms with Gasteiger partial charge in [0.05, 0.1) is 11.3 Å². The number of carbonyl (C=O) groups excluding carboxylic acids is 1. The SMILES string of the molecule is Cc1nn(C)c2ncc(C(=O)N[C@@H](C)[C@H]3CCN(Cc4ccccc4)C3)cc12. The molecule has 6 nitrogen and oxygen atoms in total. The Kier molecular flexibility index (Phi) is 5.13. The summed E-state index contributed by atoms with van der Waals surface area (Å²) in [5, 5.41) is 8.48. The molecule has 1 N–H and O–H groups in total. The number of aryl methyl sites for hydroxylation is 2. The lowest BCUT2D eigenvalue weighted by atomic mass is 10.00. The van der Waals surface area contributed by atoms with Crippen LogP contribution in [0.1, 0.15) is 35.0 Å². The molecule has 0 bridgehead atoms. The predicted octanol–water partition coefficient (Wildman–Crippen LogP) is 2.92. The monoisotopic (exact) mass is 377 g/mol. The van der Waals surface area contributed by atoms with E-state index in [1.807, 2.05) is 26.1 Å². The molecule has 4 rings (SSSR count). The maximum absolute atomic E-state index is 12.8. The fourth-order valence-corrected chi connectivity index (χ4v) is 4.10. The molecule has 1 aliphatic rings. The molecular formula is C22H27N5O. The van der Waals surface area contributed by atoms with Crippen LogP contribution >= 0.6 is 0 Å². The van der Waals surface area contributed by atoms with E-state index in [0.29, 0.717) is 11.5 Å². The van der Waals surface area contributed by atoms with Gasteiger partial charge in [-0.3, -0.25) is 14.4 Å². The summed E-state index contributed by atoms with van der Waals surface area (Å²) in [6.45, 7) is 7.10. The average molecular weight is 377 g/mol. The summed E-state index contributed by atoms with van der Waals surface area (Å²) in [6, 6.07) is 12.6. The minimum absolute atomic E-state index is 0.0633. The van der Waals surface area contributed by atoms with E-state index >= 15 is 0 Å². The second kappa shape index (κ2) is 7.72. The number of hydrogen-bond donors (Lipinski definition) is 1. The topological polar surface area (TPSA) is 63.1 Å². The van der Waals surface area contributed by atoms with Crippen molar-refractivity contribution in [3.63, 3.8) is 0 Å². The van der Waals surface area contributed by atoms with Gasteiger partial charge in [0.25, 0.3) is 5.91 Å². The Labute approximate surface area is 165 Å². The number of rotatable bonds is 5. The highest BCUT2D eigenvalue weighted by Gasteiger charge is 2.28. The van der Waals surface area contributed by atoms with Gasteiger partial charge in [-0.15, -0.1) is 0 Å². The van der Waals surface area contributed by atoms with Gasteiger partial charge < -0.3 is 5.32 Å². The summed E-state index contributed by atoms with van der Waals surface area (Å²) in [7, 11) is 1.87. The first-order valence-electron chi connectivity index (χ1n) is 9.88. The van der Waals surface area contributed by atoms with Crippen LogP contribution in [0.3, 0.4) is 0 Å². The van der Waals surface area contributed by atoms with Crippen molar-refractivity contribution in [2.45, 2.75) is 32.9 Å². The van der Waals surface area contributed by atoms with Crippen LogP contribution in [0.5, 0.6) is 0 Å². The van der Waals surface area contributed by atoms with Crippen LogP contribution in [0, 0.1) is 12.8 Å². The number of nitrogens with zero attached hydrogens (tertiary/aromatic N) is 4. The highest BCUT2D eigenvalue weighted by atomic mass is 16.1. The van der Waals surface area contributed by atoms with Crippen molar-refractivity contribution in [1.82, 2.24) is 25.0 Å². The van der Waals surface area contributed by atoms with Gasteiger partial charge in [0.1, 0.15) is 0 Å². The second-order valence-electron chi connectivity index (χ2n) is 7.84. The molecule has 146 valence electrons. The molecule has 0 radical (unpaired) electrons. The summed E-state index contributed by atoms with van der Waals surface area (Å²) in [5.74, 6) is 0.399. The molecule has 0 spiro atoms. The normalized spacial score (nSPS) is 18.5. The van der Waals surface area contributed by atoms with Crippen LogP contribution in [0.25, 0.3) is 11.0 Å². The number of pyridine rings is 1. The summed E-state index contributed by atoms with van der Waals surface area (Å²) < 4.78 is 1.74. The van der Waals surface area contributed by atoms with Crippen molar-refractivity contribution in [1.29, 1.82) is 0 Å². The Morgan fingerprint density at radius 3 is 2.89 bits per heavy atom. The lowest BCUT2D eigenvalue weighted by Crippen LogP contribution is -2.39. The first-order valence-corrected chi connectivity index (χ1v) is 9.88. The molecule has 0 aliphatic carbocycles. The van der Waals surface area contributed by atoms with Gasteiger partial charge in [-0.25, -0.2) is 4.98 Å². The standard InChI is InChI=1S/C22H27N5O/c1-15(18-9-10-27(14-18)13-17-7-5-4-6-8-17)24-22(28)19-11-20-16(2)25-26(3)21(20)23-12-19/h4-8,11-12,15,18H,9-10,13-14H2,1-3H3,(H,24,28)/t15-,18-/m0/s1. The zero-order chi connectivity index (χ0) is 19.7. The molecule has 0 unspecified atom stereocenters. The van der Waals surface area contributed by atoms with Gasteiger partial charge in [-0.05, 0) is 44.4 Å². The molecule has 3 aromatic rings. The quantitative estimate of drug-likeness (QED) is 0.743. The molecule has 6 heteroatoms. The van der Waals surface area contributed by atoms with Crippen LogP contribution in [0.15, 0.2) is 42.6 Å². The highest BCUT2D eigenvalue weighted by Crippen LogP contribution is 2.22. The molecule has 1 saturated heterocycles. The molecule has 0 saturated carbocycles. The number of fused-ring (bicyclic) bond motifs is 1. The Balaban J connectivity index is 1.37. The van der Waals surface area contributed by atoms with Crippen LogP contribution in [0.4, 0.5) is 0 Å². The third-order valence-corrected chi connectivity index (χ3v) is 5.75. The van der Waals surface area contributed by atoms with Gasteiger partial charge in [0.15, 0.2) is 5.65 Å². The van der Waals surface area contributed by atoms with E-state index in [2.05, 4.69) is 51.5 Å². The molecule has 3 heterocycles. The van der Waals surface area contributed by atoms with Gasteiger partial charge in [-0.1, -0.05) is 30.3 Å². The fraction of sp³-hybridized carbons (Fsp3) is 0.409. The Morgan fingerprint density at radius 2 is 2.11 bits per heavy atom. The number of hydrogen-bond acceptors (Lipinski definition) is 4. The molecule has 1 fully saturated rings. The van der Waals surface area contributed by atoms with E-state index in [0.717, 1.165) is 42.8 Å². The van der Waals surface area contributed by atoms with Crippen molar-refractivity contribution < 1.29 is 4.79 Å². The lowest BCUT2D eigenvalue weighted by Gasteiger charge is -2.22. The third-order valence-electron chi connectivity index (χ3n) is 5.75. The number of aromatic nitrogens is 3. The van der Waals surface area contributed by atoms with Crippen LogP contribution < -0.4 is 5.32 Å². The first kappa shape index (κ1) is 18.6. The largest absolute Gasteiger partial charge is 0.349 e. The maximum atomic E-state index is 12.8. The predicted molar refractivity (Wildman–Crippen MR) is 110 cm³/mol. The zero-order valence-corrected chi connectivity index (χ0v) is 16.7. The van der Waals surface area contributed by atoms with Crippen molar-refractivity contribution in [2.24, 2.45) is 13.0 Å². The van der Waals surface area contributed by atoms with E-state index in [-0.39, 0.29) is 11.9 Å². The summed E-state index contributed by atoms with van der Waals surface area (Å²) in [4.78, 5) is 19.6. The minimum Gasteiger partial charge on any atom is -0.349 e. The molecule has 28 heavy (non-hydrogen) atoms. The molecular weight excluding hydrogens is 350 g/mol. The van der Waals surface area contributed by atoms with Crippen LogP contribution in [0.2, 0.25) is 0 Å². The third kappa shape index (κ3) is 3.78. The average Bonchev–Trinajstić information content (AvgIpc) is 3.27. The Morgan fingerprint density at radius 1 is 1.32 bits per heavy atom. The minimum atomic E-state index is -0.0633. The maximum Gasteiger partial charge on any atom is 0.253 e. The number of benzene rings is 1. The highest BCUT2D eigenvalue weighted by molar-refractivity contribution is 5.97. The Hall–Kier alpha value is -2.73. The van der Waals surface area contributed by atoms with Crippen molar-refractivity contribution in [3.8, 4) is 0 Å². The van der Waals surface area contributed by atoms with Gasteiger partial charge in [-0.2, -0.15) is 5.10 Å². The molecule has 2 atom stereocenters. The molecule has 1 aromatic carbocycles. The second-order valence-corrected chi connectivity index (χ2v) is 7.84. The van der Waals surface area contributed by atoms with E-state index in [4.69, 9.17) is 0 Å². The smallest absolute Gasteiger partial charge is 0.253 e. The van der Waals surface area contributed by atoms with Crippen LogP contribution in [-0.4, -0.2) is 44.7 Å². The number of likely N-dealkylation sites (tertiary alicyclic amines) is 1. The van der Waals surface area contributed by atoms with Gasteiger partial charge in [0, 0.05) is 37.8 Å². The molecule has 1 aliphatic heterocycles. The summed E-state index contributed by atoms with van der Waals surface area (Å²) >= 11 is 0. The zero-order valence-electron chi connectivity index (χ0n) is 16.7. The number of nitrogens with one attached hydrogen (secondary N) is 1. The fourth-order valence-electron chi connectivity index (χ4n) is 4.10. The lowest BCUT2D eigenvalue weighted by molar-refractivity contribution is 0.0927. The summed E-state index contributed by atoms with van der Waals surface area (Å²) in [6.07, 6.45) is 2.75. The molecule has 2 aromatic heterocycles. The Bertz CT molecular complexity index is 981. The van der Waals surface area contributed by atoms with Gasteiger partial charge >= 0.3 is 0 Å². The van der Waals surface area contributed by atoms with Crippen molar-refractivity contribution in [3.05, 3.63) is 59.4 Å². The van der Waals surface area contributed by atoms with E-state index in [1.54, 1.807) is 10.9 Å². The molecule has 1 amide bonds. The van der Waals surface area contributed by atoms with E-state index < -0.39 is 0 Å². The first-order chi connectivity index (χ1) is 13.5. The van der Waals surface area contributed by atoms with Crippen molar-refractivity contribution in [2.75, 3.05) is 13.1 Å². The van der Waals surface area contributed by atoms with Crippen molar-refractivity contribution >= 4 is 16.9 Å².